The van der Waals surface area contributed by atoms with Crippen LogP contribution in [-0.2, 0) is 16.2 Å². The summed E-state index contributed by atoms with van der Waals surface area (Å²) in [4.78, 5) is 18.0. The Bertz CT molecular complexity index is 1040. The van der Waals surface area contributed by atoms with Crippen LogP contribution in [0.15, 0.2) is 18.3 Å². The number of piperazine rings is 1. The average molecular weight is 518 g/mol. The van der Waals surface area contributed by atoms with Gasteiger partial charge in [-0.25, -0.2) is 18.2 Å². The predicted octanol–water partition coefficient (Wildman–Crippen LogP) is 3.07. The number of pyridine rings is 1. The Labute approximate surface area is 204 Å². The number of hydrogen-bond donors (Lipinski definition) is 2. The number of rotatable bonds is 6. The van der Waals surface area contributed by atoms with Gasteiger partial charge in [0.15, 0.2) is 0 Å². The topological polar surface area (TPSA) is 94.6 Å². The van der Waals surface area contributed by atoms with E-state index in [1.54, 1.807) is 4.90 Å². The molecule has 1 aromatic rings. The van der Waals surface area contributed by atoms with Crippen LogP contribution in [0.1, 0.15) is 45.6 Å². The van der Waals surface area contributed by atoms with E-state index in [0.29, 0.717) is 31.4 Å². The van der Waals surface area contributed by atoms with E-state index < -0.39 is 27.2 Å². The molecule has 12 heteroatoms. The van der Waals surface area contributed by atoms with Crippen molar-refractivity contribution in [3.8, 4) is 0 Å². The highest BCUT2D eigenvalue weighted by Gasteiger charge is 2.65. The minimum atomic E-state index is -4.45. The maximum atomic E-state index is 13.6. The van der Waals surface area contributed by atoms with E-state index in [0.717, 1.165) is 31.5 Å². The number of nitrogens with one attached hydrogen (secondary N) is 2. The smallest absolute Gasteiger partial charge is 0.354 e. The highest BCUT2D eigenvalue weighted by Crippen LogP contribution is 2.66. The zero-order valence-corrected chi connectivity index (χ0v) is 21.2. The van der Waals surface area contributed by atoms with Gasteiger partial charge in [-0.1, -0.05) is 13.8 Å². The van der Waals surface area contributed by atoms with Crippen LogP contribution in [0, 0.1) is 16.7 Å². The number of carbonyl (C=O) groups is 1. The zero-order chi connectivity index (χ0) is 25.6. The van der Waals surface area contributed by atoms with Gasteiger partial charge in [0.25, 0.3) is 0 Å². The fourth-order valence-corrected chi connectivity index (χ4v) is 8.62. The first-order valence-electron chi connectivity index (χ1n) is 12.1. The van der Waals surface area contributed by atoms with E-state index in [4.69, 9.17) is 0 Å². The summed E-state index contributed by atoms with van der Waals surface area (Å²) in [5.74, 6) is 0.724. The second-order valence-corrected chi connectivity index (χ2v) is 12.4. The van der Waals surface area contributed by atoms with Gasteiger partial charge in [-0.05, 0) is 49.7 Å². The second-order valence-electron chi connectivity index (χ2n) is 10.5. The van der Waals surface area contributed by atoms with Crippen molar-refractivity contribution in [2.45, 2.75) is 52.3 Å². The van der Waals surface area contributed by atoms with Gasteiger partial charge in [-0.15, -0.1) is 0 Å². The van der Waals surface area contributed by atoms with Gasteiger partial charge in [0.2, 0.25) is 10.0 Å². The van der Waals surface area contributed by atoms with Crippen LogP contribution in [0.4, 0.5) is 23.8 Å². The molecule has 2 amide bonds. The molecule has 8 nitrogen and oxygen atoms in total. The molecule has 1 unspecified atom stereocenters. The van der Waals surface area contributed by atoms with Gasteiger partial charge < -0.3 is 15.5 Å². The highest BCUT2D eigenvalue weighted by atomic mass is 32.2. The van der Waals surface area contributed by atoms with E-state index >= 15 is 0 Å². The summed E-state index contributed by atoms with van der Waals surface area (Å²) in [6.45, 7) is 7.73. The Morgan fingerprint density at radius 2 is 1.89 bits per heavy atom. The van der Waals surface area contributed by atoms with Gasteiger partial charge in [0, 0.05) is 50.4 Å². The molecule has 4 rings (SSSR count). The first kappa shape index (κ1) is 26.0. The molecule has 1 aliphatic heterocycles. The number of alkyl halides is 3. The third kappa shape index (κ3) is 4.71. The molecule has 35 heavy (non-hydrogen) atoms. The van der Waals surface area contributed by atoms with Crippen LogP contribution < -0.4 is 15.5 Å². The van der Waals surface area contributed by atoms with Crippen molar-refractivity contribution in [1.82, 2.24) is 19.9 Å². The van der Waals surface area contributed by atoms with Crippen LogP contribution >= 0.6 is 0 Å². The third-order valence-corrected chi connectivity index (χ3v) is 10.6. The van der Waals surface area contributed by atoms with Gasteiger partial charge >= 0.3 is 12.2 Å². The lowest BCUT2D eigenvalue weighted by Crippen LogP contribution is -2.57. The molecule has 3 aliphatic rings. The molecule has 1 saturated heterocycles. The van der Waals surface area contributed by atoms with Gasteiger partial charge in [-0.3, -0.25) is 0 Å². The lowest BCUT2D eigenvalue weighted by molar-refractivity contribution is -0.137. The van der Waals surface area contributed by atoms with Crippen molar-refractivity contribution in [3.63, 3.8) is 0 Å². The molecule has 3 fully saturated rings. The SMILES string of the molecule is CCNC(=O)NC1C[C@H]2CC[C@]1(CS(=O)(=O)N1CCN(c3ccc(C(F)(F)F)cn3)CC1)C2(C)C. The maximum Gasteiger partial charge on any atom is 0.417 e. The lowest BCUT2D eigenvalue weighted by Gasteiger charge is -2.44. The number of amides is 2. The predicted molar refractivity (Wildman–Crippen MR) is 126 cm³/mol. The molecule has 1 aromatic heterocycles. The molecule has 2 N–H and O–H groups in total. The number of anilines is 1. The Hall–Kier alpha value is -2.08. The van der Waals surface area contributed by atoms with Crippen molar-refractivity contribution in [1.29, 1.82) is 0 Å². The number of fused-ring (bicyclic) bond motifs is 2. The van der Waals surface area contributed by atoms with E-state index in [2.05, 4.69) is 29.5 Å². The normalized spacial score (nSPS) is 28.8. The van der Waals surface area contributed by atoms with Crippen LogP contribution in [-0.4, -0.2) is 68.3 Å². The lowest BCUT2D eigenvalue weighted by atomic mass is 9.69. The van der Waals surface area contributed by atoms with Crippen molar-refractivity contribution >= 4 is 21.9 Å². The Balaban J connectivity index is 1.45. The molecule has 2 aliphatic carbocycles. The molecule has 2 saturated carbocycles. The number of sulfonamides is 1. The molecule has 3 atom stereocenters. The first-order chi connectivity index (χ1) is 16.3. The maximum absolute atomic E-state index is 13.6. The van der Waals surface area contributed by atoms with Crippen molar-refractivity contribution in [2.75, 3.05) is 43.4 Å². The van der Waals surface area contributed by atoms with Crippen molar-refractivity contribution in [2.24, 2.45) is 16.7 Å². The standard InChI is InChI=1S/C23H34F3N5O3S/c1-4-27-20(32)29-18-13-16-7-8-22(18,21(16,2)3)15-35(33,34)31-11-9-30(10-12-31)19-6-5-17(14-28-19)23(24,25)26/h5-6,14,16,18H,4,7-13,15H2,1-3H3,(H2,27,29,32)/t16-,18?,22-/m1/s1. The Morgan fingerprint density at radius 1 is 1.20 bits per heavy atom. The Morgan fingerprint density at radius 3 is 2.43 bits per heavy atom. The largest absolute Gasteiger partial charge is 0.417 e. The number of urea groups is 1. The summed E-state index contributed by atoms with van der Waals surface area (Å²) < 4.78 is 67.1. The monoisotopic (exact) mass is 517 g/mol. The first-order valence-corrected chi connectivity index (χ1v) is 13.7. The molecule has 2 bridgehead atoms. The number of carbonyl (C=O) groups excluding carboxylic acids is 1. The molecular formula is C23H34F3N5O3S. The molecule has 0 spiro atoms. The summed E-state index contributed by atoms with van der Waals surface area (Å²) in [7, 11) is -3.63. The highest BCUT2D eigenvalue weighted by molar-refractivity contribution is 7.89. The fourth-order valence-electron chi connectivity index (χ4n) is 6.35. The van der Waals surface area contributed by atoms with Gasteiger partial charge in [0.05, 0.1) is 11.3 Å². The van der Waals surface area contributed by atoms with Crippen LogP contribution in [0.3, 0.4) is 0 Å². The van der Waals surface area contributed by atoms with E-state index in [1.807, 2.05) is 6.92 Å². The van der Waals surface area contributed by atoms with Crippen molar-refractivity contribution in [3.05, 3.63) is 23.9 Å². The zero-order valence-electron chi connectivity index (χ0n) is 20.4. The number of halogens is 3. The van der Waals surface area contributed by atoms with E-state index in [1.165, 1.54) is 10.4 Å². The summed E-state index contributed by atoms with van der Waals surface area (Å²) in [6, 6.07) is 1.83. The molecule has 2 heterocycles. The van der Waals surface area contributed by atoms with E-state index in [9.17, 15) is 26.4 Å². The summed E-state index contributed by atoms with van der Waals surface area (Å²) in [5, 5.41) is 5.80. The number of aromatic nitrogens is 1. The quantitative estimate of drug-likeness (QED) is 0.605. The minimum absolute atomic E-state index is 0.0287. The number of hydrogen-bond acceptors (Lipinski definition) is 5. The summed E-state index contributed by atoms with van der Waals surface area (Å²) in [5.41, 5.74) is -1.59. The Kier molecular flexibility index (Phi) is 6.76. The van der Waals surface area contributed by atoms with Crippen LogP contribution in [0.5, 0.6) is 0 Å². The van der Waals surface area contributed by atoms with Gasteiger partial charge in [0.1, 0.15) is 5.82 Å². The molecule has 0 radical (unpaired) electrons. The fraction of sp³-hybridized carbons (Fsp3) is 0.739. The minimum Gasteiger partial charge on any atom is -0.354 e. The third-order valence-electron chi connectivity index (χ3n) is 8.54. The molecule has 0 aromatic carbocycles. The average Bonchev–Trinajstić information content (AvgIpc) is 3.13. The second kappa shape index (κ2) is 9.10. The van der Waals surface area contributed by atoms with Crippen LogP contribution in [0.2, 0.25) is 0 Å². The summed E-state index contributed by atoms with van der Waals surface area (Å²) in [6.07, 6.45) is -1.18. The van der Waals surface area contributed by atoms with Crippen LogP contribution in [0.25, 0.3) is 0 Å². The molecule has 196 valence electrons. The van der Waals surface area contributed by atoms with Gasteiger partial charge in [-0.2, -0.15) is 17.5 Å². The molecular weight excluding hydrogens is 483 g/mol. The number of nitrogens with zero attached hydrogens (tertiary/aromatic N) is 3. The van der Waals surface area contributed by atoms with Crippen molar-refractivity contribution < 1.29 is 26.4 Å². The summed E-state index contributed by atoms with van der Waals surface area (Å²) >= 11 is 0. The van der Waals surface area contributed by atoms with E-state index in [-0.39, 0.29) is 36.3 Å².